The van der Waals surface area contributed by atoms with E-state index < -0.39 is 10.0 Å². The number of fused-ring (bicyclic) bond motifs is 2. The maximum absolute atomic E-state index is 13.6. The molecule has 9 heteroatoms. The number of sulfonamides is 1. The molecule has 2 atom stereocenters. The molecule has 0 bridgehead atoms. The number of carbonyl (C=O) groups excluding carboxylic acids is 1. The van der Waals surface area contributed by atoms with Crippen molar-refractivity contribution in [2.45, 2.75) is 54.9 Å². The molecule has 168 valence electrons. The SMILES string of the molecule is CN1CCCCN(S(=O)(=O)c2ccc(Cl)s2)[C@@H]2CCCC[C@@H]2Oc2ccccc2C1=O. The minimum atomic E-state index is -3.70. The molecular formula is C22H27ClN2O4S2. The van der Waals surface area contributed by atoms with Crippen molar-refractivity contribution in [3.8, 4) is 5.75 Å². The summed E-state index contributed by atoms with van der Waals surface area (Å²) in [6, 6.07) is 10.2. The third-order valence-corrected chi connectivity index (χ3v) is 9.64. The highest BCUT2D eigenvalue weighted by Crippen LogP contribution is 2.35. The number of rotatable bonds is 2. The molecular weight excluding hydrogens is 456 g/mol. The number of hydrogen-bond acceptors (Lipinski definition) is 5. The second-order valence-corrected chi connectivity index (χ2v) is 11.9. The first kappa shape index (κ1) is 22.6. The Morgan fingerprint density at radius 3 is 2.55 bits per heavy atom. The fraction of sp³-hybridized carbons (Fsp3) is 0.500. The summed E-state index contributed by atoms with van der Waals surface area (Å²) in [6.07, 6.45) is 4.48. The van der Waals surface area contributed by atoms with E-state index in [1.54, 1.807) is 40.5 Å². The number of para-hydroxylation sites is 1. The maximum atomic E-state index is 13.6. The third kappa shape index (κ3) is 4.77. The van der Waals surface area contributed by atoms with Crippen LogP contribution in [0.2, 0.25) is 4.34 Å². The fourth-order valence-electron chi connectivity index (χ4n) is 4.39. The average molecular weight is 483 g/mol. The summed E-state index contributed by atoms with van der Waals surface area (Å²) in [4.78, 5) is 14.6. The van der Waals surface area contributed by atoms with E-state index in [1.807, 2.05) is 12.1 Å². The highest BCUT2D eigenvalue weighted by molar-refractivity contribution is 7.91. The van der Waals surface area contributed by atoms with E-state index in [1.165, 1.54) is 0 Å². The third-order valence-electron chi connectivity index (χ3n) is 6.01. The van der Waals surface area contributed by atoms with Crippen LogP contribution in [0.1, 0.15) is 48.9 Å². The van der Waals surface area contributed by atoms with Crippen molar-refractivity contribution in [3.05, 3.63) is 46.3 Å². The first-order valence-electron chi connectivity index (χ1n) is 10.7. The molecule has 1 saturated carbocycles. The molecule has 4 rings (SSSR count). The molecule has 1 aromatic carbocycles. The standard InChI is InChI=1S/C22H27ClN2O4S2/c1-24-14-6-7-15-25(31(27,28)21-13-12-20(23)30-21)17-9-3-5-11-19(17)29-18-10-4-2-8-16(18)22(24)26/h2,4,8,10,12-13,17,19H,3,5-7,9,11,14-15H2,1H3/t17-,19+/m1/s1. The van der Waals surface area contributed by atoms with Gasteiger partial charge in [0.1, 0.15) is 16.1 Å². The number of halogens is 1. The van der Waals surface area contributed by atoms with Gasteiger partial charge in [-0.05, 0) is 56.4 Å². The summed E-state index contributed by atoms with van der Waals surface area (Å²) >= 11 is 7.14. The highest BCUT2D eigenvalue weighted by Gasteiger charge is 2.40. The van der Waals surface area contributed by atoms with E-state index in [0.717, 1.165) is 43.4 Å². The Hall–Kier alpha value is -1.61. The van der Waals surface area contributed by atoms with Gasteiger partial charge in [-0.2, -0.15) is 4.31 Å². The average Bonchev–Trinajstić information content (AvgIpc) is 3.20. The van der Waals surface area contributed by atoms with Gasteiger partial charge in [-0.1, -0.05) is 30.2 Å². The van der Waals surface area contributed by atoms with Crippen LogP contribution in [0.3, 0.4) is 0 Å². The van der Waals surface area contributed by atoms with Crippen molar-refractivity contribution in [3.63, 3.8) is 0 Å². The minimum absolute atomic E-state index is 0.0683. The molecule has 2 aromatic rings. The van der Waals surface area contributed by atoms with Gasteiger partial charge in [-0.15, -0.1) is 11.3 Å². The zero-order chi connectivity index (χ0) is 22.0. The first-order chi connectivity index (χ1) is 14.9. The normalized spacial score (nSPS) is 23.8. The van der Waals surface area contributed by atoms with Crippen molar-refractivity contribution in [1.29, 1.82) is 0 Å². The van der Waals surface area contributed by atoms with E-state index in [0.29, 0.717) is 35.2 Å². The lowest BCUT2D eigenvalue weighted by atomic mass is 9.92. The number of nitrogens with zero attached hydrogens (tertiary/aromatic N) is 2. The molecule has 1 amide bonds. The van der Waals surface area contributed by atoms with Crippen LogP contribution < -0.4 is 4.74 Å². The molecule has 2 aliphatic rings. The Bertz CT molecular complexity index is 1040. The largest absolute Gasteiger partial charge is 0.488 e. The van der Waals surface area contributed by atoms with Crippen molar-refractivity contribution in [2.75, 3.05) is 20.1 Å². The molecule has 0 unspecified atom stereocenters. The summed E-state index contributed by atoms with van der Waals surface area (Å²) in [7, 11) is -1.92. The van der Waals surface area contributed by atoms with Crippen LogP contribution in [0.25, 0.3) is 0 Å². The lowest BCUT2D eigenvalue weighted by Crippen LogP contribution is -2.51. The van der Waals surface area contributed by atoms with Gasteiger partial charge < -0.3 is 9.64 Å². The lowest BCUT2D eigenvalue weighted by molar-refractivity contribution is 0.0658. The van der Waals surface area contributed by atoms with Crippen molar-refractivity contribution < 1.29 is 17.9 Å². The van der Waals surface area contributed by atoms with Crippen LogP contribution in [0.5, 0.6) is 5.75 Å². The summed E-state index contributed by atoms with van der Waals surface area (Å²) < 4.78 is 35.9. The number of carbonyl (C=O) groups is 1. The zero-order valence-electron chi connectivity index (χ0n) is 17.5. The summed E-state index contributed by atoms with van der Waals surface area (Å²) in [6.45, 7) is 0.950. The maximum Gasteiger partial charge on any atom is 0.257 e. The van der Waals surface area contributed by atoms with Crippen LogP contribution in [-0.4, -0.2) is 55.8 Å². The van der Waals surface area contributed by atoms with E-state index in [2.05, 4.69) is 0 Å². The van der Waals surface area contributed by atoms with Crippen molar-refractivity contribution >= 4 is 38.9 Å². The molecule has 0 radical (unpaired) electrons. The molecule has 1 aliphatic heterocycles. The monoisotopic (exact) mass is 482 g/mol. The van der Waals surface area contributed by atoms with Gasteiger partial charge >= 0.3 is 0 Å². The van der Waals surface area contributed by atoms with E-state index >= 15 is 0 Å². The Kier molecular flexibility index (Phi) is 6.91. The molecule has 0 saturated heterocycles. The molecule has 31 heavy (non-hydrogen) atoms. The topological polar surface area (TPSA) is 66.9 Å². The number of hydrogen-bond donors (Lipinski definition) is 0. The lowest BCUT2D eigenvalue weighted by Gasteiger charge is -2.39. The zero-order valence-corrected chi connectivity index (χ0v) is 19.9. The Morgan fingerprint density at radius 1 is 1.03 bits per heavy atom. The Labute approximate surface area is 192 Å². The van der Waals surface area contributed by atoms with E-state index in [-0.39, 0.29) is 22.3 Å². The van der Waals surface area contributed by atoms with Crippen molar-refractivity contribution in [2.24, 2.45) is 0 Å². The highest BCUT2D eigenvalue weighted by atomic mass is 35.5. The van der Waals surface area contributed by atoms with Gasteiger partial charge in [0.2, 0.25) is 0 Å². The second kappa shape index (κ2) is 9.48. The summed E-state index contributed by atoms with van der Waals surface area (Å²) in [5, 5.41) is 0. The van der Waals surface area contributed by atoms with Crippen LogP contribution in [0, 0.1) is 0 Å². The first-order valence-corrected chi connectivity index (χ1v) is 13.3. The Balaban J connectivity index is 1.74. The molecule has 0 N–H and O–H groups in total. The second-order valence-electron chi connectivity index (χ2n) is 8.11. The fourth-order valence-corrected chi connectivity index (χ4v) is 7.72. The van der Waals surface area contributed by atoms with Crippen LogP contribution in [0.4, 0.5) is 0 Å². The molecule has 1 aliphatic carbocycles. The smallest absolute Gasteiger partial charge is 0.257 e. The minimum Gasteiger partial charge on any atom is -0.488 e. The predicted molar refractivity (Wildman–Crippen MR) is 123 cm³/mol. The van der Waals surface area contributed by atoms with Crippen molar-refractivity contribution in [1.82, 2.24) is 9.21 Å². The number of ether oxygens (including phenoxy) is 1. The van der Waals surface area contributed by atoms with E-state index in [9.17, 15) is 13.2 Å². The Morgan fingerprint density at radius 2 is 1.77 bits per heavy atom. The van der Waals surface area contributed by atoms with Gasteiger partial charge in [0, 0.05) is 20.1 Å². The number of thiophene rings is 1. The molecule has 2 heterocycles. The molecule has 6 nitrogen and oxygen atoms in total. The van der Waals surface area contributed by atoms with Gasteiger partial charge in [-0.3, -0.25) is 4.79 Å². The quantitative estimate of drug-likeness (QED) is 0.625. The number of benzene rings is 1. The predicted octanol–water partition coefficient (Wildman–Crippen LogP) is 4.65. The number of amides is 1. The molecule has 1 fully saturated rings. The summed E-state index contributed by atoms with van der Waals surface area (Å²) in [5.41, 5.74) is 0.523. The van der Waals surface area contributed by atoms with Crippen LogP contribution in [-0.2, 0) is 10.0 Å². The molecule has 0 spiro atoms. The van der Waals surface area contributed by atoms with Gasteiger partial charge in [0.15, 0.2) is 0 Å². The van der Waals surface area contributed by atoms with Gasteiger partial charge in [0.25, 0.3) is 15.9 Å². The van der Waals surface area contributed by atoms with Crippen LogP contribution >= 0.6 is 22.9 Å². The van der Waals surface area contributed by atoms with Crippen LogP contribution in [0.15, 0.2) is 40.6 Å². The van der Waals surface area contributed by atoms with E-state index in [4.69, 9.17) is 16.3 Å². The summed E-state index contributed by atoms with van der Waals surface area (Å²) in [5.74, 6) is 0.453. The van der Waals surface area contributed by atoms with Gasteiger partial charge in [0.05, 0.1) is 15.9 Å². The van der Waals surface area contributed by atoms with Gasteiger partial charge in [-0.25, -0.2) is 8.42 Å². The molecule has 1 aromatic heterocycles.